The van der Waals surface area contributed by atoms with Crippen LogP contribution in [0.25, 0.3) is 0 Å². The van der Waals surface area contributed by atoms with Crippen LogP contribution in [0.15, 0.2) is 54.6 Å². The second-order valence-electron chi connectivity index (χ2n) is 12.8. The summed E-state index contributed by atoms with van der Waals surface area (Å²) in [5, 5.41) is 5.30. The Bertz CT molecular complexity index is 1590. The Balaban J connectivity index is 1.66. The number of nitrogens with one attached hydrogen (secondary N) is 2. The number of hydrogen-bond donors (Lipinski definition) is 2. The topological polar surface area (TPSA) is 67.4 Å². The number of amides is 2. The Morgan fingerprint density at radius 1 is 0.600 bits per heavy atom. The maximum atomic E-state index is 14.3. The smallest absolute Gasteiger partial charge is 0.445 e. The van der Waals surface area contributed by atoms with E-state index in [2.05, 4.69) is 10.6 Å². The van der Waals surface area contributed by atoms with Crippen LogP contribution in [0.5, 0.6) is 0 Å². The first-order chi connectivity index (χ1) is 25.0. The third-order valence-electron chi connectivity index (χ3n) is 8.75. The van der Waals surface area contributed by atoms with E-state index in [1.807, 2.05) is 0 Å². The van der Waals surface area contributed by atoms with Crippen LogP contribution in [-0.4, -0.2) is 71.7 Å². The van der Waals surface area contributed by atoms with Crippen molar-refractivity contribution in [3.63, 3.8) is 0 Å². The van der Waals surface area contributed by atoms with E-state index in [0.29, 0.717) is 5.56 Å². The predicted octanol–water partition coefficient (Wildman–Crippen LogP) is 9.91. The summed E-state index contributed by atoms with van der Waals surface area (Å²) >= 11 is 0. The van der Waals surface area contributed by atoms with Crippen LogP contribution in [0.1, 0.15) is 55.2 Å². The highest BCUT2D eigenvalue weighted by Crippen LogP contribution is 2.64. The molecule has 310 valence electrons. The fourth-order valence-electron chi connectivity index (χ4n) is 5.40. The van der Waals surface area contributed by atoms with Gasteiger partial charge in [0.1, 0.15) is 12.6 Å². The Hall–Kier alpha value is -4.01. The van der Waals surface area contributed by atoms with Crippen molar-refractivity contribution in [3.05, 3.63) is 71.3 Å². The van der Waals surface area contributed by atoms with E-state index in [-0.39, 0.29) is 18.0 Å². The van der Waals surface area contributed by atoms with E-state index in [0.717, 1.165) is 56.4 Å². The lowest BCUT2D eigenvalue weighted by molar-refractivity contribution is -0.461. The van der Waals surface area contributed by atoms with Gasteiger partial charge in [0.2, 0.25) is 5.91 Å². The largest absolute Gasteiger partial charge is 0.460 e. The van der Waals surface area contributed by atoms with Crippen molar-refractivity contribution < 1.29 is 89.0 Å². The number of ether oxygens (including phenoxy) is 1. The minimum absolute atomic E-state index is 0.0688. The van der Waals surface area contributed by atoms with Gasteiger partial charge in [-0.05, 0) is 36.0 Å². The Kier molecular flexibility index (Phi) is 13.4. The molecular weight excluding hydrogens is 795 g/mol. The minimum atomic E-state index is -8.68. The van der Waals surface area contributed by atoms with Crippen molar-refractivity contribution in [1.29, 1.82) is 0 Å². The number of alkyl halides is 17. The molecule has 5 nitrogen and oxygen atoms in total. The third-order valence-corrected chi connectivity index (χ3v) is 8.75. The van der Waals surface area contributed by atoms with E-state index in [4.69, 9.17) is 4.74 Å². The molecule has 1 fully saturated rings. The lowest BCUT2D eigenvalue weighted by Gasteiger charge is -2.42. The van der Waals surface area contributed by atoms with Crippen LogP contribution >= 0.6 is 0 Å². The predicted molar refractivity (Wildman–Crippen MR) is 158 cm³/mol. The fraction of sp³-hybridized carbons (Fsp3) is 0.576. The zero-order valence-electron chi connectivity index (χ0n) is 27.9. The van der Waals surface area contributed by atoms with Crippen LogP contribution < -0.4 is 10.6 Å². The number of carbonyl (C=O) groups is 2. The molecule has 22 heteroatoms. The van der Waals surface area contributed by atoms with Crippen LogP contribution in [-0.2, 0) is 29.0 Å². The van der Waals surface area contributed by atoms with Crippen molar-refractivity contribution in [1.82, 2.24) is 10.6 Å². The van der Waals surface area contributed by atoms with E-state index >= 15 is 0 Å². The summed E-state index contributed by atoms with van der Waals surface area (Å²) in [5.74, 6) is -57.2. The summed E-state index contributed by atoms with van der Waals surface area (Å²) in [6, 6.07) is 11.1. The Morgan fingerprint density at radius 3 is 1.58 bits per heavy atom. The highest BCUT2D eigenvalue weighted by Gasteiger charge is 2.95. The maximum Gasteiger partial charge on any atom is 0.460 e. The monoisotopic (exact) mass is 826 g/mol. The van der Waals surface area contributed by atoms with Gasteiger partial charge in [0.05, 0.1) is 0 Å². The first kappa shape index (κ1) is 45.4. The lowest BCUT2D eigenvalue weighted by Crippen LogP contribution is -2.74. The van der Waals surface area contributed by atoms with Crippen LogP contribution in [0.4, 0.5) is 79.4 Å². The minimum Gasteiger partial charge on any atom is -0.445 e. The van der Waals surface area contributed by atoms with Gasteiger partial charge in [-0.3, -0.25) is 4.79 Å². The van der Waals surface area contributed by atoms with Gasteiger partial charge in [-0.2, -0.15) is 74.6 Å². The standard InChI is InChI=1S/C33H31F17N2O3/c34-26(35,27(36,37)28(38,39)29(40,41)30(42,43)31(44,45)32(46,47)33(48,49)50)16-15-19-11-13-21(14-12-19)18-55-25(54)52-23(17-20-7-3-1-4-8-20)24(53)51-22-9-5-2-6-10-22/h1,3-4,7-8,11-14,22-23H,2,5-6,9-10,15-18H2,(H,51,53)(H,52,54)/t23-/m0/s1. The number of aryl methyl sites for hydroxylation is 1. The summed E-state index contributed by atoms with van der Waals surface area (Å²) in [6.07, 6.45) is -8.58. The summed E-state index contributed by atoms with van der Waals surface area (Å²) in [5.41, 5.74) is 0.308. The molecule has 0 saturated heterocycles. The molecule has 2 aromatic carbocycles. The number of hydrogen-bond acceptors (Lipinski definition) is 3. The number of alkyl carbamates (subject to hydrolysis) is 1. The molecule has 0 radical (unpaired) electrons. The van der Waals surface area contributed by atoms with E-state index in [1.165, 1.54) is 0 Å². The SMILES string of the molecule is O=C(N[C@@H](Cc1ccccc1)C(=O)NC1CCCCC1)OCc1ccc(CCC(F)(F)C(F)(F)C(F)(F)C(F)(F)C(F)(F)C(F)(F)C(F)(F)C(F)(F)F)cc1. The Morgan fingerprint density at radius 2 is 1.07 bits per heavy atom. The van der Waals surface area contributed by atoms with Crippen molar-refractivity contribution in [3.8, 4) is 0 Å². The van der Waals surface area contributed by atoms with E-state index in [9.17, 15) is 84.2 Å². The van der Waals surface area contributed by atoms with Crippen molar-refractivity contribution >= 4 is 12.0 Å². The molecule has 1 saturated carbocycles. The molecule has 0 unspecified atom stereocenters. The third kappa shape index (κ3) is 9.18. The van der Waals surface area contributed by atoms with Crippen molar-refractivity contribution in [2.45, 2.75) is 118 Å². The van der Waals surface area contributed by atoms with E-state index < -0.39 is 90.7 Å². The summed E-state index contributed by atoms with van der Waals surface area (Å²) in [7, 11) is 0. The molecular formula is C33H31F17N2O3. The Labute approximate surface area is 300 Å². The second kappa shape index (κ2) is 16.2. The molecule has 0 bridgehead atoms. The second-order valence-corrected chi connectivity index (χ2v) is 12.8. The maximum absolute atomic E-state index is 14.3. The molecule has 55 heavy (non-hydrogen) atoms. The van der Waals surface area contributed by atoms with Gasteiger partial charge < -0.3 is 15.4 Å². The molecule has 1 aliphatic rings. The number of carbonyl (C=O) groups excluding carboxylic acids is 2. The molecule has 2 N–H and O–H groups in total. The average Bonchev–Trinajstić information content (AvgIpc) is 3.10. The van der Waals surface area contributed by atoms with Crippen molar-refractivity contribution in [2.24, 2.45) is 0 Å². The van der Waals surface area contributed by atoms with Crippen molar-refractivity contribution in [2.75, 3.05) is 0 Å². The lowest BCUT2D eigenvalue weighted by atomic mass is 9.87. The molecule has 0 spiro atoms. The zero-order valence-corrected chi connectivity index (χ0v) is 27.9. The molecule has 1 aliphatic carbocycles. The normalized spacial score (nSPS) is 16.4. The van der Waals surface area contributed by atoms with Gasteiger partial charge in [0.15, 0.2) is 0 Å². The van der Waals surface area contributed by atoms with Gasteiger partial charge in [-0.15, -0.1) is 0 Å². The molecule has 2 amide bonds. The van der Waals surface area contributed by atoms with Crippen LogP contribution in [0.2, 0.25) is 0 Å². The van der Waals surface area contributed by atoms with Gasteiger partial charge in [-0.25, -0.2) is 4.79 Å². The summed E-state index contributed by atoms with van der Waals surface area (Å²) < 4.78 is 235. The molecule has 0 aliphatic heterocycles. The quantitative estimate of drug-likeness (QED) is 0.166. The average molecular weight is 827 g/mol. The van der Waals surface area contributed by atoms with E-state index in [1.54, 1.807) is 30.3 Å². The number of rotatable bonds is 16. The van der Waals surface area contributed by atoms with Crippen LogP contribution in [0.3, 0.4) is 0 Å². The first-order valence-electron chi connectivity index (χ1n) is 16.1. The van der Waals surface area contributed by atoms with Gasteiger partial charge in [0.25, 0.3) is 0 Å². The molecule has 2 aromatic rings. The van der Waals surface area contributed by atoms with Gasteiger partial charge in [-0.1, -0.05) is 73.9 Å². The zero-order chi connectivity index (χ0) is 41.9. The summed E-state index contributed by atoms with van der Waals surface area (Å²) in [4.78, 5) is 25.6. The number of halogens is 17. The van der Waals surface area contributed by atoms with Gasteiger partial charge >= 0.3 is 53.7 Å². The first-order valence-corrected chi connectivity index (χ1v) is 16.1. The molecule has 0 aromatic heterocycles. The molecule has 3 rings (SSSR count). The molecule has 0 heterocycles. The summed E-state index contributed by atoms with van der Waals surface area (Å²) in [6.45, 7) is -0.559. The van der Waals surface area contributed by atoms with Gasteiger partial charge in [0, 0.05) is 18.9 Å². The van der Waals surface area contributed by atoms with Crippen LogP contribution in [0, 0.1) is 0 Å². The number of benzene rings is 2. The highest BCUT2D eigenvalue weighted by molar-refractivity contribution is 5.86. The molecule has 1 atom stereocenters. The fourth-order valence-corrected chi connectivity index (χ4v) is 5.40. The highest BCUT2D eigenvalue weighted by atomic mass is 19.4.